The van der Waals surface area contributed by atoms with E-state index in [0.717, 1.165) is 31.0 Å². The Morgan fingerprint density at radius 2 is 1.97 bits per heavy atom. The van der Waals surface area contributed by atoms with Gasteiger partial charge in [0.05, 0.1) is 16.6 Å². The van der Waals surface area contributed by atoms with E-state index < -0.39 is 11.2 Å². The molecule has 30 heavy (non-hydrogen) atoms. The standard InChI is InChI=1S/C20H24N6O4/c1-3-4-26-17-16(18(27)22-20(26)29)10-14(11-21-17)19(28)25-7-5-24(6-8-25)12-15-9-13(2)30-23-15/h9-11H,3-8,12H2,1-2H3,(H,22,27,29). The summed E-state index contributed by atoms with van der Waals surface area (Å²) in [6.45, 7) is 7.49. The average molecular weight is 412 g/mol. The summed E-state index contributed by atoms with van der Waals surface area (Å²) in [5.74, 6) is 0.607. The van der Waals surface area contributed by atoms with Gasteiger partial charge < -0.3 is 9.42 Å². The maximum atomic E-state index is 13.0. The van der Waals surface area contributed by atoms with Gasteiger partial charge in [-0.1, -0.05) is 12.1 Å². The van der Waals surface area contributed by atoms with E-state index in [9.17, 15) is 14.4 Å². The number of hydrogen-bond acceptors (Lipinski definition) is 7. The van der Waals surface area contributed by atoms with Crippen LogP contribution in [-0.4, -0.2) is 61.6 Å². The molecular formula is C20H24N6O4. The summed E-state index contributed by atoms with van der Waals surface area (Å²) in [5, 5.41) is 4.26. The molecule has 3 aromatic rings. The summed E-state index contributed by atoms with van der Waals surface area (Å²) in [7, 11) is 0. The van der Waals surface area contributed by atoms with Crippen LogP contribution in [0.1, 0.15) is 35.2 Å². The number of carbonyl (C=O) groups excluding carboxylic acids is 1. The van der Waals surface area contributed by atoms with Crippen molar-refractivity contribution in [3.05, 3.63) is 56.2 Å². The van der Waals surface area contributed by atoms with Gasteiger partial charge in [0, 0.05) is 51.5 Å². The molecule has 1 aliphatic heterocycles. The second-order valence-corrected chi connectivity index (χ2v) is 7.50. The fourth-order valence-corrected chi connectivity index (χ4v) is 3.73. The van der Waals surface area contributed by atoms with Gasteiger partial charge in [0.1, 0.15) is 11.4 Å². The minimum Gasteiger partial charge on any atom is -0.361 e. The van der Waals surface area contributed by atoms with Crippen LogP contribution in [0.4, 0.5) is 0 Å². The van der Waals surface area contributed by atoms with Crippen molar-refractivity contribution in [2.75, 3.05) is 26.2 Å². The summed E-state index contributed by atoms with van der Waals surface area (Å²) in [4.78, 5) is 47.8. The van der Waals surface area contributed by atoms with Crippen LogP contribution < -0.4 is 11.2 Å². The predicted molar refractivity (Wildman–Crippen MR) is 109 cm³/mol. The van der Waals surface area contributed by atoms with E-state index in [4.69, 9.17) is 4.52 Å². The highest BCUT2D eigenvalue weighted by Gasteiger charge is 2.24. The van der Waals surface area contributed by atoms with E-state index in [-0.39, 0.29) is 11.3 Å². The van der Waals surface area contributed by atoms with Crippen molar-refractivity contribution in [2.45, 2.75) is 33.4 Å². The first-order valence-electron chi connectivity index (χ1n) is 10.0. The van der Waals surface area contributed by atoms with Crippen molar-refractivity contribution in [3.63, 3.8) is 0 Å². The number of H-pyrrole nitrogens is 1. The number of aromatic amines is 1. The third-order valence-electron chi connectivity index (χ3n) is 5.25. The van der Waals surface area contributed by atoms with Crippen LogP contribution in [0.2, 0.25) is 0 Å². The van der Waals surface area contributed by atoms with E-state index >= 15 is 0 Å². The Labute approximate surface area is 172 Å². The molecule has 0 saturated carbocycles. The first-order valence-corrected chi connectivity index (χ1v) is 10.0. The Hall–Kier alpha value is -3.27. The number of rotatable bonds is 5. The van der Waals surface area contributed by atoms with Crippen molar-refractivity contribution in [1.82, 2.24) is 29.5 Å². The molecule has 10 nitrogen and oxygen atoms in total. The summed E-state index contributed by atoms with van der Waals surface area (Å²) in [5.41, 5.74) is 0.505. The minimum absolute atomic E-state index is 0.172. The molecule has 3 aromatic heterocycles. The maximum absolute atomic E-state index is 13.0. The van der Waals surface area contributed by atoms with Gasteiger partial charge in [0.25, 0.3) is 11.5 Å². The van der Waals surface area contributed by atoms with E-state index in [1.807, 2.05) is 19.9 Å². The summed E-state index contributed by atoms with van der Waals surface area (Å²) >= 11 is 0. The van der Waals surface area contributed by atoms with Crippen LogP contribution in [-0.2, 0) is 13.1 Å². The van der Waals surface area contributed by atoms with Crippen LogP contribution in [0, 0.1) is 6.92 Å². The molecule has 1 saturated heterocycles. The third kappa shape index (κ3) is 3.90. The van der Waals surface area contributed by atoms with Crippen molar-refractivity contribution in [2.24, 2.45) is 0 Å². The van der Waals surface area contributed by atoms with Gasteiger partial charge >= 0.3 is 5.69 Å². The molecule has 4 heterocycles. The summed E-state index contributed by atoms with van der Waals surface area (Å²) in [6.07, 6.45) is 2.17. The minimum atomic E-state index is -0.530. The van der Waals surface area contributed by atoms with Gasteiger partial charge in [-0.2, -0.15) is 0 Å². The number of carbonyl (C=O) groups is 1. The lowest BCUT2D eigenvalue weighted by Gasteiger charge is -2.34. The second-order valence-electron chi connectivity index (χ2n) is 7.50. The number of nitrogens with one attached hydrogen (secondary N) is 1. The highest BCUT2D eigenvalue weighted by atomic mass is 16.5. The average Bonchev–Trinajstić information content (AvgIpc) is 3.15. The van der Waals surface area contributed by atoms with Crippen molar-refractivity contribution < 1.29 is 9.32 Å². The number of aryl methyl sites for hydroxylation is 2. The molecule has 158 valence electrons. The monoisotopic (exact) mass is 412 g/mol. The lowest BCUT2D eigenvalue weighted by atomic mass is 10.2. The van der Waals surface area contributed by atoms with Gasteiger partial charge in [-0.25, -0.2) is 9.78 Å². The zero-order valence-corrected chi connectivity index (χ0v) is 17.1. The van der Waals surface area contributed by atoms with Crippen LogP contribution in [0.5, 0.6) is 0 Å². The van der Waals surface area contributed by atoms with Crippen molar-refractivity contribution in [3.8, 4) is 0 Å². The Morgan fingerprint density at radius 1 is 1.20 bits per heavy atom. The molecule has 1 fully saturated rings. The molecule has 10 heteroatoms. The van der Waals surface area contributed by atoms with Crippen LogP contribution in [0.15, 0.2) is 32.4 Å². The summed E-state index contributed by atoms with van der Waals surface area (Å²) < 4.78 is 6.53. The van der Waals surface area contributed by atoms with Crippen LogP contribution in [0.25, 0.3) is 11.0 Å². The molecule has 0 aromatic carbocycles. The van der Waals surface area contributed by atoms with E-state index in [0.29, 0.717) is 37.4 Å². The molecule has 0 bridgehead atoms. The fourth-order valence-electron chi connectivity index (χ4n) is 3.73. The largest absolute Gasteiger partial charge is 0.361 e. The molecule has 0 spiro atoms. The Morgan fingerprint density at radius 3 is 2.63 bits per heavy atom. The van der Waals surface area contributed by atoms with Gasteiger partial charge in [-0.3, -0.25) is 24.0 Å². The first kappa shape index (κ1) is 20.0. The Kier molecular flexibility index (Phi) is 5.49. The topological polar surface area (TPSA) is 117 Å². The molecule has 0 aliphatic carbocycles. The fraction of sp³-hybridized carbons (Fsp3) is 0.450. The highest BCUT2D eigenvalue weighted by Crippen LogP contribution is 2.14. The molecule has 0 unspecified atom stereocenters. The highest BCUT2D eigenvalue weighted by molar-refractivity contribution is 5.96. The molecule has 1 aliphatic rings. The Balaban J connectivity index is 1.50. The molecular weight excluding hydrogens is 388 g/mol. The lowest BCUT2D eigenvalue weighted by molar-refractivity contribution is 0.0625. The van der Waals surface area contributed by atoms with E-state index in [1.165, 1.54) is 16.8 Å². The quantitative estimate of drug-likeness (QED) is 0.657. The summed E-state index contributed by atoms with van der Waals surface area (Å²) in [6, 6.07) is 3.44. The number of hydrogen-bond donors (Lipinski definition) is 1. The normalized spacial score (nSPS) is 15.1. The number of fused-ring (bicyclic) bond motifs is 1. The second kappa shape index (κ2) is 8.23. The van der Waals surface area contributed by atoms with Crippen molar-refractivity contribution in [1.29, 1.82) is 0 Å². The first-order chi connectivity index (χ1) is 14.5. The van der Waals surface area contributed by atoms with Gasteiger partial charge in [-0.05, 0) is 19.4 Å². The number of pyridine rings is 1. The number of nitrogens with zero attached hydrogens (tertiary/aromatic N) is 5. The zero-order valence-electron chi connectivity index (χ0n) is 17.1. The Bertz CT molecular complexity index is 1190. The van der Waals surface area contributed by atoms with Crippen LogP contribution >= 0.6 is 0 Å². The smallest absolute Gasteiger partial charge is 0.329 e. The maximum Gasteiger partial charge on any atom is 0.329 e. The lowest BCUT2D eigenvalue weighted by Crippen LogP contribution is -2.48. The van der Waals surface area contributed by atoms with Gasteiger partial charge in [0.15, 0.2) is 0 Å². The van der Waals surface area contributed by atoms with Crippen LogP contribution in [0.3, 0.4) is 0 Å². The van der Waals surface area contributed by atoms with Gasteiger partial charge in [0.2, 0.25) is 0 Å². The van der Waals surface area contributed by atoms with E-state index in [2.05, 4.69) is 20.0 Å². The predicted octanol–water partition coefficient (Wildman–Crippen LogP) is 0.749. The van der Waals surface area contributed by atoms with Crippen molar-refractivity contribution >= 4 is 16.9 Å². The molecule has 1 N–H and O–H groups in total. The molecule has 0 atom stereocenters. The van der Waals surface area contributed by atoms with Gasteiger partial charge in [-0.15, -0.1) is 0 Å². The number of aromatic nitrogens is 4. The van der Waals surface area contributed by atoms with E-state index in [1.54, 1.807) is 4.90 Å². The molecule has 1 amide bonds. The number of piperazine rings is 1. The zero-order chi connectivity index (χ0) is 21.3. The molecule has 4 rings (SSSR count). The number of amides is 1. The SMILES string of the molecule is CCCn1c(=O)[nH]c(=O)c2cc(C(=O)N3CCN(Cc4cc(C)on4)CC3)cnc21. The third-order valence-corrected chi connectivity index (χ3v) is 5.25. The molecule has 0 radical (unpaired) electrons.